The summed E-state index contributed by atoms with van der Waals surface area (Å²) in [6.07, 6.45) is 3.71. The van der Waals surface area contributed by atoms with Crippen molar-refractivity contribution in [3.05, 3.63) is 47.1 Å². The fourth-order valence-electron chi connectivity index (χ4n) is 3.08. The molecule has 0 atom stereocenters. The van der Waals surface area contributed by atoms with E-state index in [1.54, 1.807) is 6.92 Å². The Morgan fingerprint density at radius 2 is 1.96 bits per heavy atom. The molecular formula is C19H21ClN2O. The van der Waals surface area contributed by atoms with Gasteiger partial charge in [-0.05, 0) is 56.5 Å². The molecule has 3 rings (SSSR count). The SMILES string of the molecule is CC(=O)C1CCN(c2ccc(Cl)c(-c3ccc(C)cn3)c2)CC1. The predicted octanol–water partition coefficient (Wildman–Crippen LogP) is 4.52. The van der Waals surface area contributed by atoms with Crippen molar-refractivity contribution >= 4 is 23.1 Å². The first-order valence-corrected chi connectivity index (χ1v) is 8.40. The number of ketones is 1. The summed E-state index contributed by atoms with van der Waals surface area (Å²) in [7, 11) is 0. The van der Waals surface area contributed by atoms with E-state index >= 15 is 0 Å². The molecule has 0 unspecified atom stereocenters. The van der Waals surface area contributed by atoms with Crippen LogP contribution in [0, 0.1) is 12.8 Å². The number of anilines is 1. The van der Waals surface area contributed by atoms with Crippen molar-refractivity contribution in [3.63, 3.8) is 0 Å². The van der Waals surface area contributed by atoms with Gasteiger partial charge in [0, 0.05) is 36.5 Å². The largest absolute Gasteiger partial charge is 0.371 e. The van der Waals surface area contributed by atoms with E-state index in [9.17, 15) is 4.79 Å². The number of benzene rings is 1. The highest BCUT2D eigenvalue weighted by atomic mass is 35.5. The van der Waals surface area contributed by atoms with Gasteiger partial charge in [-0.3, -0.25) is 9.78 Å². The van der Waals surface area contributed by atoms with E-state index in [0.29, 0.717) is 10.8 Å². The molecule has 0 N–H and O–H groups in total. The van der Waals surface area contributed by atoms with Gasteiger partial charge in [-0.15, -0.1) is 0 Å². The molecule has 0 bridgehead atoms. The zero-order valence-electron chi connectivity index (χ0n) is 13.6. The summed E-state index contributed by atoms with van der Waals surface area (Å²) in [6.45, 7) is 5.54. The average Bonchev–Trinajstić information content (AvgIpc) is 2.56. The molecule has 4 heteroatoms. The van der Waals surface area contributed by atoms with Crippen LogP contribution in [0.15, 0.2) is 36.5 Å². The Labute approximate surface area is 142 Å². The second-order valence-corrected chi connectivity index (χ2v) is 6.66. The highest BCUT2D eigenvalue weighted by Crippen LogP contribution is 2.32. The monoisotopic (exact) mass is 328 g/mol. The van der Waals surface area contributed by atoms with Crippen LogP contribution in [0.5, 0.6) is 0 Å². The van der Waals surface area contributed by atoms with Gasteiger partial charge in [-0.1, -0.05) is 17.7 Å². The normalized spacial score (nSPS) is 15.7. The first-order valence-electron chi connectivity index (χ1n) is 8.02. The number of carbonyl (C=O) groups is 1. The number of hydrogen-bond donors (Lipinski definition) is 0. The lowest BCUT2D eigenvalue weighted by molar-refractivity contribution is -0.121. The van der Waals surface area contributed by atoms with Crippen LogP contribution in [0.1, 0.15) is 25.3 Å². The van der Waals surface area contributed by atoms with Crippen molar-refractivity contribution in [1.82, 2.24) is 4.98 Å². The molecule has 0 amide bonds. The van der Waals surface area contributed by atoms with E-state index in [0.717, 1.165) is 48.4 Å². The van der Waals surface area contributed by atoms with E-state index in [2.05, 4.69) is 16.0 Å². The van der Waals surface area contributed by atoms with E-state index in [4.69, 9.17) is 11.6 Å². The average molecular weight is 329 g/mol. The minimum absolute atomic E-state index is 0.219. The van der Waals surface area contributed by atoms with Crippen LogP contribution >= 0.6 is 11.6 Å². The number of aryl methyl sites for hydroxylation is 1. The molecule has 0 spiro atoms. The van der Waals surface area contributed by atoms with Crippen LogP contribution in [0.25, 0.3) is 11.3 Å². The fourth-order valence-corrected chi connectivity index (χ4v) is 3.29. The summed E-state index contributed by atoms with van der Waals surface area (Å²) in [6, 6.07) is 10.1. The minimum Gasteiger partial charge on any atom is -0.371 e. The lowest BCUT2D eigenvalue weighted by Crippen LogP contribution is -2.35. The molecule has 1 aliphatic heterocycles. The molecule has 2 heterocycles. The Morgan fingerprint density at radius 3 is 2.57 bits per heavy atom. The first kappa shape index (κ1) is 16.0. The molecule has 1 aliphatic rings. The Balaban J connectivity index is 1.83. The molecule has 3 nitrogen and oxygen atoms in total. The number of nitrogens with zero attached hydrogens (tertiary/aromatic N) is 2. The van der Waals surface area contributed by atoms with Gasteiger partial charge in [-0.2, -0.15) is 0 Å². The molecule has 0 saturated carbocycles. The minimum atomic E-state index is 0.219. The van der Waals surface area contributed by atoms with Crippen molar-refractivity contribution in [1.29, 1.82) is 0 Å². The zero-order valence-corrected chi connectivity index (χ0v) is 14.3. The number of carbonyl (C=O) groups excluding carboxylic acids is 1. The number of halogens is 1. The first-order chi connectivity index (χ1) is 11.0. The highest BCUT2D eigenvalue weighted by Gasteiger charge is 2.23. The summed E-state index contributed by atoms with van der Waals surface area (Å²) < 4.78 is 0. The van der Waals surface area contributed by atoms with Crippen LogP contribution in [-0.2, 0) is 4.79 Å². The standard InChI is InChI=1S/C19H21ClN2O/c1-13-3-6-19(21-12-13)17-11-16(4-5-18(17)20)22-9-7-15(8-10-22)14(2)23/h3-6,11-12,15H,7-10H2,1-2H3. The number of aromatic nitrogens is 1. The maximum absolute atomic E-state index is 11.5. The predicted molar refractivity (Wildman–Crippen MR) is 95.0 cm³/mol. The van der Waals surface area contributed by atoms with E-state index in [1.807, 2.05) is 37.4 Å². The van der Waals surface area contributed by atoms with Gasteiger partial charge >= 0.3 is 0 Å². The number of Topliss-reactive ketones (excluding diaryl/α,β-unsaturated/α-hetero) is 1. The van der Waals surface area contributed by atoms with Crippen LogP contribution < -0.4 is 4.90 Å². The van der Waals surface area contributed by atoms with Crippen molar-refractivity contribution in [2.45, 2.75) is 26.7 Å². The highest BCUT2D eigenvalue weighted by molar-refractivity contribution is 6.33. The molecule has 1 aromatic heterocycles. The summed E-state index contributed by atoms with van der Waals surface area (Å²) >= 11 is 6.37. The van der Waals surface area contributed by atoms with E-state index < -0.39 is 0 Å². The second kappa shape index (κ2) is 6.71. The number of hydrogen-bond acceptors (Lipinski definition) is 3. The molecule has 120 valence electrons. The lowest BCUT2D eigenvalue weighted by atomic mass is 9.93. The topological polar surface area (TPSA) is 33.2 Å². The molecule has 0 radical (unpaired) electrons. The summed E-state index contributed by atoms with van der Waals surface area (Å²) in [5, 5.41) is 0.712. The van der Waals surface area contributed by atoms with Gasteiger partial charge in [0.1, 0.15) is 5.78 Å². The third kappa shape index (κ3) is 3.56. The lowest BCUT2D eigenvalue weighted by Gasteiger charge is -2.33. The van der Waals surface area contributed by atoms with Crippen LogP contribution in [0.2, 0.25) is 5.02 Å². The van der Waals surface area contributed by atoms with E-state index in [-0.39, 0.29) is 5.92 Å². The fraction of sp³-hybridized carbons (Fsp3) is 0.368. The molecule has 1 fully saturated rings. The van der Waals surface area contributed by atoms with Crippen molar-refractivity contribution in [2.75, 3.05) is 18.0 Å². The quantitative estimate of drug-likeness (QED) is 0.830. The van der Waals surface area contributed by atoms with Gasteiger partial charge in [-0.25, -0.2) is 0 Å². The third-order valence-electron chi connectivity index (χ3n) is 4.57. The molecular weight excluding hydrogens is 308 g/mol. The number of rotatable bonds is 3. The maximum Gasteiger partial charge on any atom is 0.133 e. The molecule has 1 saturated heterocycles. The molecule has 23 heavy (non-hydrogen) atoms. The van der Waals surface area contributed by atoms with Gasteiger partial charge in [0.2, 0.25) is 0 Å². The Morgan fingerprint density at radius 1 is 1.22 bits per heavy atom. The summed E-state index contributed by atoms with van der Waals surface area (Å²) in [4.78, 5) is 18.3. The smallest absolute Gasteiger partial charge is 0.133 e. The Hall–Kier alpha value is -1.87. The summed E-state index contributed by atoms with van der Waals surface area (Å²) in [5.74, 6) is 0.530. The second-order valence-electron chi connectivity index (χ2n) is 6.26. The number of piperidine rings is 1. The molecule has 2 aromatic rings. The van der Waals surface area contributed by atoms with Gasteiger partial charge in [0.15, 0.2) is 0 Å². The maximum atomic E-state index is 11.5. The summed E-state index contributed by atoms with van der Waals surface area (Å²) in [5.41, 5.74) is 4.13. The third-order valence-corrected chi connectivity index (χ3v) is 4.90. The van der Waals surface area contributed by atoms with Crippen molar-refractivity contribution < 1.29 is 4.79 Å². The van der Waals surface area contributed by atoms with Gasteiger partial charge in [0.05, 0.1) is 10.7 Å². The molecule has 0 aliphatic carbocycles. The Bertz CT molecular complexity index is 704. The number of pyridine rings is 1. The van der Waals surface area contributed by atoms with Crippen LogP contribution in [-0.4, -0.2) is 23.9 Å². The molecule has 1 aromatic carbocycles. The van der Waals surface area contributed by atoms with Crippen molar-refractivity contribution in [2.24, 2.45) is 5.92 Å². The zero-order chi connectivity index (χ0) is 16.4. The van der Waals surface area contributed by atoms with Crippen LogP contribution in [0.4, 0.5) is 5.69 Å². The van der Waals surface area contributed by atoms with Gasteiger partial charge < -0.3 is 4.90 Å². The Kier molecular flexibility index (Phi) is 4.67. The van der Waals surface area contributed by atoms with Gasteiger partial charge in [0.25, 0.3) is 0 Å². The van der Waals surface area contributed by atoms with Crippen LogP contribution in [0.3, 0.4) is 0 Å². The van der Waals surface area contributed by atoms with E-state index in [1.165, 1.54) is 0 Å². The van der Waals surface area contributed by atoms with Crippen molar-refractivity contribution in [3.8, 4) is 11.3 Å².